The van der Waals surface area contributed by atoms with Crippen molar-refractivity contribution in [2.24, 2.45) is 0 Å². The lowest BCUT2D eigenvalue weighted by molar-refractivity contribution is -0.136. The van der Waals surface area contributed by atoms with Crippen LogP contribution >= 0.6 is 0 Å². The van der Waals surface area contributed by atoms with Gasteiger partial charge in [0.1, 0.15) is 0 Å². The summed E-state index contributed by atoms with van der Waals surface area (Å²) in [4.78, 5) is 11.1. The van der Waals surface area contributed by atoms with E-state index in [4.69, 9.17) is 4.74 Å². The summed E-state index contributed by atoms with van der Waals surface area (Å²) in [7, 11) is -1.25. The van der Waals surface area contributed by atoms with Crippen molar-refractivity contribution < 1.29 is 9.53 Å². The molecule has 0 aliphatic carbocycles. The average Bonchev–Trinajstić information content (AvgIpc) is 2.26. The van der Waals surface area contributed by atoms with Crippen molar-refractivity contribution in [2.75, 3.05) is 6.61 Å². The summed E-state index contributed by atoms with van der Waals surface area (Å²) in [5.41, 5.74) is 0.847. The molecule has 0 saturated heterocycles. The standard InChI is InChI=1S/C14H18O2Si/c1-5-16-14(15)11-8-12-6-9-13(10-7-12)17(2,3)4/h6-7,9-10H,5H2,1-4H3. The molecule has 90 valence electrons. The first kappa shape index (κ1) is 13.5. The van der Waals surface area contributed by atoms with Gasteiger partial charge in [-0.05, 0) is 19.1 Å². The quantitative estimate of drug-likeness (QED) is 0.454. The van der Waals surface area contributed by atoms with Gasteiger partial charge in [-0.2, -0.15) is 0 Å². The second-order valence-corrected chi connectivity index (χ2v) is 9.88. The summed E-state index contributed by atoms with van der Waals surface area (Å²) >= 11 is 0. The Labute approximate surface area is 104 Å². The number of carbonyl (C=O) groups is 1. The van der Waals surface area contributed by atoms with Crippen molar-refractivity contribution in [3.63, 3.8) is 0 Å². The van der Waals surface area contributed by atoms with Gasteiger partial charge in [-0.1, -0.05) is 42.9 Å². The van der Waals surface area contributed by atoms with Crippen molar-refractivity contribution in [2.45, 2.75) is 26.6 Å². The zero-order chi connectivity index (χ0) is 12.9. The van der Waals surface area contributed by atoms with E-state index in [1.54, 1.807) is 6.92 Å². The van der Waals surface area contributed by atoms with E-state index in [-0.39, 0.29) is 0 Å². The topological polar surface area (TPSA) is 26.3 Å². The van der Waals surface area contributed by atoms with E-state index in [1.165, 1.54) is 5.19 Å². The Bertz CT molecular complexity index is 444. The molecule has 0 saturated carbocycles. The van der Waals surface area contributed by atoms with Crippen molar-refractivity contribution in [1.29, 1.82) is 0 Å². The lowest BCUT2D eigenvalue weighted by Gasteiger charge is -2.15. The maximum atomic E-state index is 11.1. The van der Waals surface area contributed by atoms with E-state index < -0.39 is 14.0 Å². The molecule has 0 unspecified atom stereocenters. The molecule has 2 nitrogen and oxygen atoms in total. The van der Waals surface area contributed by atoms with Crippen LogP contribution in [-0.2, 0) is 9.53 Å². The van der Waals surface area contributed by atoms with Gasteiger partial charge in [-0.3, -0.25) is 0 Å². The monoisotopic (exact) mass is 246 g/mol. The van der Waals surface area contributed by atoms with Crippen LogP contribution in [0.1, 0.15) is 12.5 Å². The molecule has 0 radical (unpaired) electrons. The first-order chi connectivity index (χ1) is 7.93. The normalized spacial score (nSPS) is 10.4. The lowest BCUT2D eigenvalue weighted by Crippen LogP contribution is -2.37. The van der Waals surface area contributed by atoms with Crippen LogP contribution in [0.2, 0.25) is 19.6 Å². The van der Waals surface area contributed by atoms with Gasteiger partial charge in [0, 0.05) is 11.5 Å². The SMILES string of the molecule is CCOC(=O)C#Cc1ccc([Si](C)(C)C)cc1. The van der Waals surface area contributed by atoms with Gasteiger partial charge in [0.15, 0.2) is 0 Å². The van der Waals surface area contributed by atoms with Crippen molar-refractivity contribution >= 4 is 19.2 Å². The van der Waals surface area contributed by atoms with Crippen LogP contribution in [0.3, 0.4) is 0 Å². The van der Waals surface area contributed by atoms with Crippen LogP contribution in [-0.4, -0.2) is 20.7 Å². The maximum Gasteiger partial charge on any atom is 0.384 e. The van der Waals surface area contributed by atoms with E-state index in [0.717, 1.165) is 5.56 Å². The number of hydrogen-bond acceptors (Lipinski definition) is 2. The molecule has 0 bridgehead atoms. The molecule has 0 aromatic heterocycles. The molecule has 0 heterocycles. The van der Waals surface area contributed by atoms with Gasteiger partial charge in [-0.25, -0.2) is 4.79 Å². The van der Waals surface area contributed by atoms with E-state index in [0.29, 0.717) is 6.61 Å². The number of ether oxygens (including phenoxy) is 1. The number of hydrogen-bond donors (Lipinski definition) is 0. The number of carbonyl (C=O) groups excluding carboxylic acids is 1. The molecule has 1 aromatic carbocycles. The molecule has 0 atom stereocenters. The minimum absolute atomic E-state index is 0.363. The first-order valence-electron chi connectivity index (χ1n) is 5.73. The molecule has 0 amide bonds. The highest BCUT2D eigenvalue weighted by Gasteiger charge is 2.15. The van der Waals surface area contributed by atoms with E-state index >= 15 is 0 Å². The second kappa shape index (κ2) is 5.69. The molecular weight excluding hydrogens is 228 g/mol. The molecule has 0 spiro atoms. The maximum absolute atomic E-state index is 11.1. The van der Waals surface area contributed by atoms with Crippen LogP contribution < -0.4 is 5.19 Å². The summed E-state index contributed by atoms with van der Waals surface area (Å²) in [6.45, 7) is 9.02. The summed E-state index contributed by atoms with van der Waals surface area (Å²) in [6, 6.07) is 8.11. The number of rotatable bonds is 2. The molecule has 1 aromatic rings. The van der Waals surface area contributed by atoms with Gasteiger partial charge in [0.2, 0.25) is 0 Å². The first-order valence-corrected chi connectivity index (χ1v) is 9.23. The summed E-state index contributed by atoms with van der Waals surface area (Å²) in [6.07, 6.45) is 0. The Morgan fingerprint density at radius 2 is 1.82 bits per heavy atom. The molecule has 17 heavy (non-hydrogen) atoms. The minimum Gasteiger partial charge on any atom is -0.456 e. The third-order valence-electron chi connectivity index (χ3n) is 2.34. The molecule has 0 aliphatic rings. The Balaban J connectivity index is 2.79. The minimum atomic E-state index is -1.25. The highest BCUT2D eigenvalue weighted by molar-refractivity contribution is 6.88. The zero-order valence-corrected chi connectivity index (χ0v) is 11.8. The van der Waals surface area contributed by atoms with Gasteiger partial charge in [0.05, 0.1) is 14.7 Å². The highest BCUT2D eigenvalue weighted by Crippen LogP contribution is 2.03. The van der Waals surface area contributed by atoms with Crippen LogP contribution in [0.15, 0.2) is 24.3 Å². The highest BCUT2D eigenvalue weighted by atomic mass is 28.3. The van der Waals surface area contributed by atoms with Crippen molar-refractivity contribution in [1.82, 2.24) is 0 Å². The van der Waals surface area contributed by atoms with E-state index in [1.807, 2.05) is 12.1 Å². The second-order valence-electron chi connectivity index (χ2n) is 4.80. The zero-order valence-electron chi connectivity index (χ0n) is 10.8. The average molecular weight is 246 g/mol. The molecule has 0 aliphatic heterocycles. The Morgan fingerprint density at radius 3 is 2.29 bits per heavy atom. The predicted octanol–water partition coefficient (Wildman–Crippen LogP) is 2.15. The molecular formula is C14H18O2Si. The summed E-state index contributed by atoms with van der Waals surface area (Å²) in [5.74, 6) is 4.79. The fourth-order valence-electron chi connectivity index (χ4n) is 1.34. The molecule has 3 heteroatoms. The Kier molecular flexibility index (Phi) is 4.53. The van der Waals surface area contributed by atoms with Crippen LogP contribution in [0, 0.1) is 11.8 Å². The van der Waals surface area contributed by atoms with E-state index in [2.05, 4.69) is 43.6 Å². The Hall–Kier alpha value is -1.53. The number of esters is 1. The van der Waals surface area contributed by atoms with Crippen LogP contribution in [0.4, 0.5) is 0 Å². The number of benzene rings is 1. The molecule has 0 N–H and O–H groups in total. The van der Waals surface area contributed by atoms with Gasteiger partial charge < -0.3 is 4.74 Å². The molecule has 0 fully saturated rings. The summed E-state index contributed by atoms with van der Waals surface area (Å²) < 4.78 is 4.74. The third kappa shape index (κ3) is 4.45. The fourth-order valence-corrected chi connectivity index (χ4v) is 2.51. The van der Waals surface area contributed by atoms with E-state index in [9.17, 15) is 4.79 Å². The van der Waals surface area contributed by atoms with Crippen LogP contribution in [0.5, 0.6) is 0 Å². The van der Waals surface area contributed by atoms with Gasteiger partial charge >= 0.3 is 5.97 Å². The third-order valence-corrected chi connectivity index (χ3v) is 4.40. The van der Waals surface area contributed by atoms with Crippen LogP contribution in [0.25, 0.3) is 0 Å². The fraction of sp³-hybridized carbons (Fsp3) is 0.357. The Morgan fingerprint density at radius 1 is 1.24 bits per heavy atom. The van der Waals surface area contributed by atoms with Gasteiger partial charge in [0.25, 0.3) is 0 Å². The largest absolute Gasteiger partial charge is 0.456 e. The van der Waals surface area contributed by atoms with Crippen molar-refractivity contribution in [3.8, 4) is 11.8 Å². The lowest BCUT2D eigenvalue weighted by atomic mass is 10.2. The van der Waals surface area contributed by atoms with Crippen molar-refractivity contribution in [3.05, 3.63) is 29.8 Å². The summed E-state index contributed by atoms with van der Waals surface area (Å²) in [5, 5.41) is 1.39. The smallest absolute Gasteiger partial charge is 0.384 e. The predicted molar refractivity (Wildman–Crippen MR) is 72.9 cm³/mol. The van der Waals surface area contributed by atoms with Gasteiger partial charge in [-0.15, -0.1) is 0 Å². The molecule has 1 rings (SSSR count).